The monoisotopic (exact) mass is 498 g/mol. The maximum absolute atomic E-state index is 12.9. The number of aromatic amines is 1. The lowest BCUT2D eigenvalue weighted by molar-refractivity contribution is 0.236. The summed E-state index contributed by atoms with van der Waals surface area (Å²) in [5, 5.41) is 1.76. The van der Waals surface area contributed by atoms with E-state index in [1.165, 1.54) is 5.69 Å². The van der Waals surface area contributed by atoms with Gasteiger partial charge in [-0.3, -0.25) is 9.69 Å². The van der Waals surface area contributed by atoms with E-state index in [1.54, 1.807) is 12.1 Å². The van der Waals surface area contributed by atoms with Gasteiger partial charge in [-0.05, 0) is 54.1 Å². The molecular formula is C25H21Cl3N4O. The molecule has 0 spiro atoms. The van der Waals surface area contributed by atoms with Crippen LogP contribution in [0.2, 0.25) is 15.1 Å². The fraction of sp³-hybridized carbons (Fsp3) is 0.200. The Bertz CT molecular complexity index is 1360. The van der Waals surface area contributed by atoms with Gasteiger partial charge in [0.05, 0.1) is 21.3 Å². The second-order valence-corrected chi connectivity index (χ2v) is 9.43. The third kappa shape index (κ3) is 4.87. The molecular weight excluding hydrogens is 479 g/mol. The van der Waals surface area contributed by atoms with Crippen LogP contribution >= 0.6 is 34.8 Å². The average Bonchev–Trinajstić information content (AvgIpc) is 3.23. The third-order valence-corrected chi connectivity index (χ3v) is 6.90. The molecule has 1 aliphatic rings. The van der Waals surface area contributed by atoms with Gasteiger partial charge >= 0.3 is 0 Å². The van der Waals surface area contributed by atoms with Crippen molar-refractivity contribution < 1.29 is 0 Å². The number of nitrogens with zero attached hydrogens (tertiary/aromatic N) is 3. The van der Waals surface area contributed by atoms with Crippen molar-refractivity contribution in [3.63, 3.8) is 0 Å². The number of fused-ring (bicyclic) bond motifs is 1. The largest absolute Gasteiger partial charge is 0.346 e. The molecule has 33 heavy (non-hydrogen) atoms. The van der Waals surface area contributed by atoms with E-state index in [0.717, 1.165) is 41.9 Å². The molecule has 4 aromatic rings. The van der Waals surface area contributed by atoms with Gasteiger partial charge in [-0.25, -0.2) is 4.98 Å². The molecule has 5 rings (SSSR count). The molecule has 0 atom stereocenters. The fourth-order valence-corrected chi connectivity index (χ4v) is 4.62. The van der Waals surface area contributed by atoms with E-state index in [-0.39, 0.29) is 5.56 Å². The lowest BCUT2D eigenvalue weighted by Gasteiger charge is -2.28. The fourth-order valence-electron chi connectivity index (χ4n) is 4.17. The number of benzene rings is 2. The summed E-state index contributed by atoms with van der Waals surface area (Å²) >= 11 is 18.2. The zero-order valence-corrected chi connectivity index (χ0v) is 20.0. The number of nitrogens with one attached hydrogen (secondary N) is 1. The Morgan fingerprint density at radius 3 is 2.58 bits per heavy atom. The van der Waals surface area contributed by atoms with Crippen molar-refractivity contribution in [3.8, 4) is 11.4 Å². The highest BCUT2D eigenvalue weighted by Crippen LogP contribution is 2.24. The standard InChI is InChI=1S/C25H21Cl3N4O/c26-18-6-4-17(5-7-18)24-29-23-9-11-31(15-20(23)25(33)30-24)14-19-2-1-10-32(19)13-16-3-8-21(27)22(28)12-16/h1-8,10,12H,9,11,13-15H2,(H,29,30,33). The molecule has 2 aromatic heterocycles. The lowest BCUT2D eigenvalue weighted by atomic mass is 10.1. The minimum atomic E-state index is -0.0826. The van der Waals surface area contributed by atoms with E-state index < -0.39 is 0 Å². The van der Waals surface area contributed by atoms with Gasteiger partial charge in [0.1, 0.15) is 5.82 Å². The van der Waals surface area contributed by atoms with Gasteiger partial charge in [0.25, 0.3) is 5.56 Å². The Morgan fingerprint density at radius 2 is 1.79 bits per heavy atom. The minimum absolute atomic E-state index is 0.0826. The van der Waals surface area contributed by atoms with Crippen LogP contribution in [0.25, 0.3) is 11.4 Å². The first-order valence-corrected chi connectivity index (χ1v) is 11.8. The summed E-state index contributed by atoms with van der Waals surface area (Å²) in [5.41, 5.74) is 4.63. The summed E-state index contributed by atoms with van der Waals surface area (Å²) in [5.74, 6) is 0.583. The van der Waals surface area contributed by atoms with E-state index in [9.17, 15) is 4.79 Å². The van der Waals surface area contributed by atoms with Crippen LogP contribution < -0.4 is 5.56 Å². The van der Waals surface area contributed by atoms with Crippen molar-refractivity contribution in [3.05, 3.63) is 109 Å². The summed E-state index contributed by atoms with van der Waals surface area (Å²) in [4.78, 5) is 22.8. The molecule has 0 amide bonds. The van der Waals surface area contributed by atoms with Gasteiger partial charge in [0.15, 0.2) is 0 Å². The first kappa shape index (κ1) is 22.2. The predicted molar refractivity (Wildman–Crippen MR) is 133 cm³/mol. The molecule has 0 aliphatic carbocycles. The van der Waals surface area contributed by atoms with Crippen molar-refractivity contribution in [2.45, 2.75) is 26.1 Å². The molecule has 8 heteroatoms. The number of halogens is 3. The van der Waals surface area contributed by atoms with E-state index in [1.807, 2.05) is 36.4 Å². The van der Waals surface area contributed by atoms with Gasteiger partial charge in [0, 0.05) is 55.1 Å². The summed E-state index contributed by atoms with van der Waals surface area (Å²) < 4.78 is 2.20. The van der Waals surface area contributed by atoms with Gasteiger partial charge in [0.2, 0.25) is 0 Å². The van der Waals surface area contributed by atoms with Crippen molar-refractivity contribution in [1.82, 2.24) is 19.4 Å². The topological polar surface area (TPSA) is 53.9 Å². The second kappa shape index (κ2) is 9.35. The Hall–Kier alpha value is -2.57. The van der Waals surface area contributed by atoms with Crippen LogP contribution in [0, 0.1) is 0 Å². The van der Waals surface area contributed by atoms with Crippen LogP contribution in [0.5, 0.6) is 0 Å². The van der Waals surface area contributed by atoms with E-state index >= 15 is 0 Å². The molecule has 3 heterocycles. The summed E-state index contributed by atoms with van der Waals surface area (Å²) in [6, 6.07) is 17.2. The number of rotatable bonds is 5. The quantitative estimate of drug-likeness (QED) is 0.377. The molecule has 0 saturated heterocycles. The van der Waals surface area contributed by atoms with Gasteiger partial charge < -0.3 is 9.55 Å². The Kier molecular flexibility index (Phi) is 6.30. The highest BCUT2D eigenvalue weighted by molar-refractivity contribution is 6.42. The number of hydrogen-bond acceptors (Lipinski definition) is 3. The molecule has 1 aliphatic heterocycles. The van der Waals surface area contributed by atoms with Crippen LogP contribution in [-0.4, -0.2) is 26.0 Å². The molecule has 0 fully saturated rings. The molecule has 0 saturated carbocycles. The van der Waals surface area contributed by atoms with E-state index in [0.29, 0.717) is 34.0 Å². The molecule has 5 nitrogen and oxygen atoms in total. The summed E-state index contributed by atoms with van der Waals surface area (Å²) in [6.07, 6.45) is 2.79. The van der Waals surface area contributed by atoms with Gasteiger partial charge in [-0.2, -0.15) is 0 Å². The average molecular weight is 500 g/mol. The van der Waals surface area contributed by atoms with E-state index in [4.69, 9.17) is 39.8 Å². The molecule has 0 radical (unpaired) electrons. The third-order valence-electron chi connectivity index (χ3n) is 5.91. The Morgan fingerprint density at radius 1 is 0.970 bits per heavy atom. The number of hydrogen-bond donors (Lipinski definition) is 1. The first-order chi connectivity index (χ1) is 16.0. The lowest BCUT2D eigenvalue weighted by Crippen LogP contribution is -2.35. The minimum Gasteiger partial charge on any atom is -0.346 e. The molecule has 0 bridgehead atoms. The highest BCUT2D eigenvalue weighted by atomic mass is 35.5. The van der Waals surface area contributed by atoms with Gasteiger partial charge in [-0.15, -0.1) is 0 Å². The zero-order chi connectivity index (χ0) is 22.9. The van der Waals surface area contributed by atoms with Crippen LogP contribution in [0.4, 0.5) is 0 Å². The van der Waals surface area contributed by atoms with Crippen molar-refractivity contribution >= 4 is 34.8 Å². The normalized spacial score (nSPS) is 13.8. The van der Waals surface area contributed by atoms with Crippen LogP contribution in [0.1, 0.15) is 22.5 Å². The zero-order valence-electron chi connectivity index (χ0n) is 17.7. The van der Waals surface area contributed by atoms with Gasteiger partial charge in [-0.1, -0.05) is 40.9 Å². The van der Waals surface area contributed by atoms with Crippen molar-refractivity contribution in [2.24, 2.45) is 0 Å². The number of aromatic nitrogens is 3. The number of H-pyrrole nitrogens is 1. The van der Waals surface area contributed by atoms with Crippen LogP contribution in [0.3, 0.4) is 0 Å². The highest BCUT2D eigenvalue weighted by Gasteiger charge is 2.22. The maximum atomic E-state index is 12.9. The Labute approximate surface area is 206 Å². The second-order valence-electron chi connectivity index (χ2n) is 8.18. The molecule has 1 N–H and O–H groups in total. The summed E-state index contributed by atoms with van der Waals surface area (Å²) in [7, 11) is 0. The first-order valence-electron chi connectivity index (χ1n) is 10.6. The van der Waals surface area contributed by atoms with E-state index in [2.05, 4.69) is 26.7 Å². The molecule has 2 aromatic carbocycles. The predicted octanol–water partition coefficient (Wildman–Crippen LogP) is 5.81. The van der Waals surface area contributed by atoms with Crippen LogP contribution in [-0.2, 0) is 26.1 Å². The van der Waals surface area contributed by atoms with Crippen LogP contribution in [0.15, 0.2) is 65.6 Å². The smallest absolute Gasteiger partial charge is 0.255 e. The molecule has 0 unspecified atom stereocenters. The van der Waals surface area contributed by atoms with Crippen molar-refractivity contribution in [2.75, 3.05) is 6.54 Å². The summed E-state index contributed by atoms with van der Waals surface area (Å²) in [6.45, 7) is 2.85. The van der Waals surface area contributed by atoms with Crippen molar-refractivity contribution in [1.29, 1.82) is 0 Å². The Balaban J connectivity index is 1.32. The maximum Gasteiger partial charge on any atom is 0.255 e. The molecule has 168 valence electrons. The SMILES string of the molecule is O=c1[nH]c(-c2ccc(Cl)cc2)nc2c1CN(Cc1cccn1Cc1ccc(Cl)c(Cl)c1)CC2.